The van der Waals surface area contributed by atoms with Crippen molar-refractivity contribution in [3.05, 3.63) is 65.5 Å². The van der Waals surface area contributed by atoms with Crippen molar-refractivity contribution in [2.24, 2.45) is 0 Å². The Kier molecular flexibility index (Phi) is 1.88. The molecule has 0 aliphatic heterocycles. The van der Waals surface area contributed by atoms with Crippen LogP contribution in [0.4, 0.5) is 0 Å². The minimum atomic E-state index is 0.987. The normalized spacial score (nSPS) is 18.7. The van der Waals surface area contributed by atoms with Crippen LogP contribution in [0.5, 0.6) is 0 Å². The Bertz CT molecular complexity index is 353. The average molecular weight is 153 g/mol. The van der Waals surface area contributed by atoms with Gasteiger partial charge in [-0.3, -0.25) is 0 Å². The van der Waals surface area contributed by atoms with Crippen molar-refractivity contribution >= 4 is 0 Å². The molecule has 56 valence electrons. The van der Waals surface area contributed by atoms with Crippen LogP contribution in [0.15, 0.2) is 59.4 Å². The van der Waals surface area contributed by atoms with Crippen LogP contribution >= 0.6 is 0 Å². The summed E-state index contributed by atoms with van der Waals surface area (Å²) in [6.07, 6.45) is 18.2. The summed E-state index contributed by atoms with van der Waals surface area (Å²) >= 11 is 0. The second kappa shape index (κ2) is 3.19. The first kappa shape index (κ1) is 7.06. The lowest BCUT2D eigenvalue weighted by Gasteiger charge is -2.01. The Morgan fingerprint density at radius 3 is 3.00 bits per heavy atom. The summed E-state index contributed by atoms with van der Waals surface area (Å²) in [5.41, 5.74) is 5.68. The van der Waals surface area contributed by atoms with E-state index >= 15 is 0 Å². The summed E-state index contributed by atoms with van der Waals surface area (Å²) in [4.78, 5) is 0. The molecule has 0 aromatic rings. The molecule has 2 aliphatic rings. The summed E-state index contributed by atoms with van der Waals surface area (Å²) in [5.74, 6) is 0. The summed E-state index contributed by atoms with van der Waals surface area (Å²) in [6.45, 7) is 0. The molecule has 0 nitrogen and oxygen atoms in total. The molecule has 0 amide bonds. The Labute approximate surface area is 72.6 Å². The standard InChI is InChI=1S/C12H9/c1-3-7-11(8-4-1)12-9-5-2-6-10-12/h3-9H,10H2/q+1. The van der Waals surface area contributed by atoms with Gasteiger partial charge >= 0.3 is 0 Å². The van der Waals surface area contributed by atoms with Gasteiger partial charge in [0.1, 0.15) is 12.2 Å². The van der Waals surface area contributed by atoms with Crippen molar-refractivity contribution in [1.82, 2.24) is 0 Å². The third-order valence-corrected chi connectivity index (χ3v) is 1.91. The maximum absolute atomic E-state index is 3.05. The number of rotatable bonds is 1. The van der Waals surface area contributed by atoms with Gasteiger partial charge in [-0.1, -0.05) is 0 Å². The fourth-order valence-electron chi connectivity index (χ4n) is 1.27. The van der Waals surface area contributed by atoms with Gasteiger partial charge in [0.15, 0.2) is 0 Å². The van der Waals surface area contributed by atoms with E-state index in [9.17, 15) is 0 Å². The molecule has 0 heterocycles. The Morgan fingerprint density at radius 2 is 2.33 bits per heavy atom. The third kappa shape index (κ3) is 1.35. The molecule has 0 aromatic heterocycles. The van der Waals surface area contributed by atoms with E-state index in [0.717, 1.165) is 6.42 Å². The van der Waals surface area contributed by atoms with Crippen LogP contribution in [0.2, 0.25) is 0 Å². The number of hydrogen-bond donors (Lipinski definition) is 0. The lowest BCUT2D eigenvalue weighted by molar-refractivity contribution is 1.23. The Hall–Kier alpha value is -1.61. The van der Waals surface area contributed by atoms with E-state index in [4.69, 9.17) is 0 Å². The largest absolute Gasteiger partial charge is 0.125 e. The molecular formula is C12H9+. The lowest BCUT2D eigenvalue weighted by atomic mass is 9.98. The van der Waals surface area contributed by atoms with Gasteiger partial charge in [-0.2, -0.15) is 0 Å². The van der Waals surface area contributed by atoms with Crippen LogP contribution in [0.25, 0.3) is 0 Å². The average Bonchev–Trinajstić information content (AvgIpc) is 2.21. The van der Waals surface area contributed by atoms with Gasteiger partial charge in [-0.25, -0.2) is 0 Å². The van der Waals surface area contributed by atoms with Gasteiger partial charge in [-0.15, -0.1) is 5.73 Å². The highest BCUT2D eigenvalue weighted by Gasteiger charge is 2.07. The predicted octanol–water partition coefficient (Wildman–Crippen LogP) is 2.88. The molecule has 2 rings (SSSR count). The molecule has 0 N–H and O–H groups in total. The Morgan fingerprint density at radius 1 is 1.33 bits per heavy atom. The molecule has 0 saturated carbocycles. The highest BCUT2D eigenvalue weighted by molar-refractivity contribution is 5.47. The first-order chi connectivity index (χ1) is 5.97. The van der Waals surface area contributed by atoms with Crippen molar-refractivity contribution in [2.45, 2.75) is 6.42 Å². The van der Waals surface area contributed by atoms with E-state index in [0.29, 0.717) is 0 Å². The van der Waals surface area contributed by atoms with Gasteiger partial charge < -0.3 is 0 Å². The molecule has 0 heteroatoms. The van der Waals surface area contributed by atoms with Gasteiger partial charge in [0, 0.05) is 12.5 Å². The zero-order valence-corrected chi connectivity index (χ0v) is 6.75. The molecule has 0 spiro atoms. The fourth-order valence-corrected chi connectivity index (χ4v) is 1.27. The lowest BCUT2D eigenvalue weighted by Crippen LogP contribution is -1.88. The van der Waals surface area contributed by atoms with Crippen LogP contribution in [0.3, 0.4) is 0 Å². The van der Waals surface area contributed by atoms with Gasteiger partial charge in [-0.05, 0) is 23.8 Å². The SMILES string of the molecule is C1=CC=C(C2=CC=[C+]C=C2)CC=1. The zero-order chi connectivity index (χ0) is 8.23. The van der Waals surface area contributed by atoms with Crippen LogP contribution < -0.4 is 0 Å². The van der Waals surface area contributed by atoms with Gasteiger partial charge in [0.2, 0.25) is 0 Å². The van der Waals surface area contributed by atoms with Crippen LogP contribution in [-0.2, 0) is 0 Å². The summed E-state index contributed by atoms with van der Waals surface area (Å²) in [5, 5.41) is 0. The van der Waals surface area contributed by atoms with Crippen molar-refractivity contribution < 1.29 is 0 Å². The second-order valence-electron chi connectivity index (χ2n) is 2.72. The predicted molar refractivity (Wildman–Crippen MR) is 50.4 cm³/mol. The first-order valence-corrected chi connectivity index (χ1v) is 4.03. The van der Waals surface area contributed by atoms with Crippen molar-refractivity contribution in [3.63, 3.8) is 0 Å². The molecule has 0 atom stereocenters. The summed E-state index contributed by atoms with van der Waals surface area (Å²) < 4.78 is 0. The van der Waals surface area contributed by atoms with Crippen molar-refractivity contribution in [3.8, 4) is 0 Å². The van der Waals surface area contributed by atoms with E-state index < -0.39 is 0 Å². The molecule has 0 aromatic carbocycles. The second-order valence-corrected chi connectivity index (χ2v) is 2.72. The van der Waals surface area contributed by atoms with E-state index in [2.05, 4.69) is 30.0 Å². The van der Waals surface area contributed by atoms with Crippen molar-refractivity contribution in [2.75, 3.05) is 0 Å². The topological polar surface area (TPSA) is 0 Å². The van der Waals surface area contributed by atoms with Crippen LogP contribution in [0, 0.1) is 6.08 Å². The molecule has 2 aliphatic carbocycles. The minimum Gasteiger partial charge on any atom is -0.125 e. The summed E-state index contributed by atoms with van der Waals surface area (Å²) in [7, 11) is 0. The maximum atomic E-state index is 3.05. The van der Waals surface area contributed by atoms with Crippen LogP contribution in [-0.4, -0.2) is 0 Å². The van der Waals surface area contributed by atoms with Crippen molar-refractivity contribution in [1.29, 1.82) is 0 Å². The number of allylic oxidation sites excluding steroid dienone is 9. The molecular weight excluding hydrogens is 144 g/mol. The smallest absolute Gasteiger partial charge is 0.103 e. The van der Waals surface area contributed by atoms with E-state index in [-0.39, 0.29) is 0 Å². The highest BCUT2D eigenvalue weighted by Crippen LogP contribution is 2.19. The first-order valence-electron chi connectivity index (χ1n) is 4.03. The fraction of sp³-hybridized carbons (Fsp3) is 0.0833. The highest BCUT2D eigenvalue weighted by atomic mass is 14.1. The molecule has 0 bridgehead atoms. The monoisotopic (exact) mass is 153 g/mol. The van der Waals surface area contributed by atoms with E-state index in [1.54, 1.807) is 0 Å². The van der Waals surface area contributed by atoms with E-state index in [1.807, 2.05) is 24.3 Å². The molecule has 0 saturated heterocycles. The third-order valence-electron chi connectivity index (χ3n) is 1.91. The van der Waals surface area contributed by atoms with Crippen LogP contribution in [0.1, 0.15) is 6.42 Å². The molecule has 0 radical (unpaired) electrons. The maximum Gasteiger partial charge on any atom is 0.103 e. The Balaban J connectivity index is 2.27. The van der Waals surface area contributed by atoms with Gasteiger partial charge in [0.05, 0.1) is 17.7 Å². The summed E-state index contributed by atoms with van der Waals surface area (Å²) in [6, 6.07) is 0. The quantitative estimate of drug-likeness (QED) is 0.401. The molecule has 0 fully saturated rings. The molecule has 0 unspecified atom stereocenters. The van der Waals surface area contributed by atoms with E-state index in [1.165, 1.54) is 11.1 Å². The van der Waals surface area contributed by atoms with Gasteiger partial charge in [0.25, 0.3) is 0 Å². The zero-order valence-electron chi connectivity index (χ0n) is 6.75. The molecule has 12 heavy (non-hydrogen) atoms. The number of hydrogen-bond acceptors (Lipinski definition) is 0. The minimum absolute atomic E-state index is 0.987.